The van der Waals surface area contributed by atoms with Crippen molar-refractivity contribution < 1.29 is 9.18 Å². The van der Waals surface area contributed by atoms with Crippen LogP contribution in [0.1, 0.15) is 40.2 Å². The van der Waals surface area contributed by atoms with Crippen molar-refractivity contribution in [3.05, 3.63) is 70.7 Å². The van der Waals surface area contributed by atoms with Crippen molar-refractivity contribution >= 4 is 17.2 Å². The number of rotatable bonds is 7. The van der Waals surface area contributed by atoms with E-state index in [-0.39, 0.29) is 5.91 Å². The Kier molecular flexibility index (Phi) is 7.04. The van der Waals surface area contributed by atoms with E-state index in [1.54, 1.807) is 6.07 Å². The summed E-state index contributed by atoms with van der Waals surface area (Å²) in [5.41, 5.74) is 2.77. The van der Waals surface area contributed by atoms with Gasteiger partial charge in [0.25, 0.3) is 5.91 Å². The molecule has 3 aromatic rings. The fourth-order valence-electron chi connectivity index (χ4n) is 3.98. The Labute approximate surface area is 186 Å². The molecule has 162 valence electrons. The number of carbonyl (C=O) groups is 1. The minimum atomic E-state index is -0.527. The summed E-state index contributed by atoms with van der Waals surface area (Å²) in [7, 11) is 0. The van der Waals surface area contributed by atoms with Crippen LogP contribution in [0.5, 0.6) is 0 Å². The topological polar surface area (TPSA) is 58.1 Å². The number of thiazole rings is 1. The number of nitrogens with zero attached hydrogens (tertiary/aromatic N) is 3. The summed E-state index contributed by atoms with van der Waals surface area (Å²) in [5.74, 6) is 0.0365. The van der Waals surface area contributed by atoms with Crippen LogP contribution in [0, 0.1) is 18.8 Å². The number of benzene rings is 1. The highest BCUT2D eigenvalue weighted by Gasteiger charge is 2.20. The molecule has 1 amide bonds. The highest BCUT2D eigenvalue weighted by atomic mass is 32.1. The second-order valence-electron chi connectivity index (χ2n) is 8.05. The van der Waals surface area contributed by atoms with Gasteiger partial charge >= 0.3 is 0 Å². The number of carbonyl (C=O) groups excluding carboxylic acids is 1. The van der Waals surface area contributed by atoms with Crippen molar-refractivity contribution in [2.24, 2.45) is 5.92 Å². The fourth-order valence-corrected chi connectivity index (χ4v) is 4.95. The van der Waals surface area contributed by atoms with Crippen molar-refractivity contribution in [1.82, 2.24) is 20.2 Å². The first kappa shape index (κ1) is 21.6. The Morgan fingerprint density at radius 1 is 1.19 bits per heavy atom. The largest absolute Gasteiger partial charge is 0.351 e. The number of hydrogen-bond donors (Lipinski definition) is 1. The monoisotopic (exact) mass is 438 g/mol. The number of aromatic nitrogens is 2. The molecule has 3 heterocycles. The maximum Gasteiger partial charge on any atom is 0.263 e. The third-order valence-electron chi connectivity index (χ3n) is 5.77. The highest BCUT2D eigenvalue weighted by Crippen LogP contribution is 2.27. The number of hydrogen-bond acceptors (Lipinski definition) is 5. The van der Waals surface area contributed by atoms with Crippen molar-refractivity contribution in [2.75, 3.05) is 19.6 Å². The molecular weight excluding hydrogens is 411 g/mol. The number of amides is 1. The molecule has 1 aliphatic rings. The van der Waals surface area contributed by atoms with E-state index in [1.807, 2.05) is 6.92 Å². The highest BCUT2D eigenvalue weighted by molar-refractivity contribution is 7.17. The Balaban J connectivity index is 1.22. The van der Waals surface area contributed by atoms with E-state index in [4.69, 9.17) is 0 Å². The molecule has 7 heteroatoms. The van der Waals surface area contributed by atoms with Crippen LogP contribution in [-0.4, -0.2) is 40.4 Å². The predicted molar refractivity (Wildman–Crippen MR) is 121 cm³/mol. The standard InChI is InChI=1S/C24H27FN4OS/c1-17-22(31-24(28-17)20-7-8-21(25)27-15-20)23(30)26-12-9-18-10-13-29(14-11-18)16-19-5-3-2-4-6-19/h2-8,15,18H,9-14,16H2,1H3,(H,26,30). The molecule has 1 aromatic carbocycles. The van der Waals surface area contributed by atoms with Gasteiger partial charge in [0, 0.05) is 24.8 Å². The second-order valence-corrected chi connectivity index (χ2v) is 9.05. The lowest BCUT2D eigenvalue weighted by molar-refractivity contribution is 0.0951. The molecule has 1 N–H and O–H groups in total. The zero-order valence-electron chi connectivity index (χ0n) is 17.7. The molecule has 0 radical (unpaired) electrons. The molecule has 0 unspecified atom stereocenters. The van der Waals surface area contributed by atoms with E-state index in [9.17, 15) is 9.18 Å². The van der Waals surface area contributed by atoms with Gasteiger partial charge in [-0.05, 0) is 62.9 Å². The summed E-state index contributed by atoms with van der Waals surface area (Å²) in [5, 5.41) is 3.74. The Morgan fingerprint density at radius 2 is 1.97 bits per heavy atom. The van der Waals surface area contributed by atoms with Crippen molar-refractivity contribution in [1.29, 1.82) is 0 Å². The molecule has 5 nitrogen and oxygen atoms in total. The predicted octanol–water partition coefficient (Wildman–Crippen LogP) is 4.68. The van der Waals surface area contributed by atoms with Gasteiger partial charge in [-0.25, -0.2) is 9.97 Å². The first-order valence-corrected chi connectivity index (χ1v) is 11.5. The van der Waals surface area contributed by atoms with Gasteiger partial charge < -0.3 is 5.32 Å². The van der Waals surface area contributed by atoms with Gasteiger partial charge in [-0.1, -0.05) is 30.3 Å². The molecule has 1 aliphatic heterocycles. The van der Waals surface area contributed by atoms with Crippen LogP contribution in [0.15, 0.2) is 48.7 Å². The smallest absolute Gasteiger partial charge is 0.263 e. The average molecular weight is 439 g/mol. The van der Waals surface area contributed by atoms with E-state index in [1.165, 1.54) is 42.0 Å². The Hall–Kier alpha value is -2.64. The zero-order chi connectivity index (χ0) is 21.6. The number of pyridine rings is 1. The maximum absolute atomic E-state index is 13.0. The normalized spacial score (nSPS) is 15.2. The third-order valence-corrected chi connectivity index (χ3v) is 6.98. The van der Waals surface area contributed by atoms with Gasteiger partial charge in [0.1, 0.15) is 9.88 Å². The molecule has 0 atom stereocenters. The lowest BCUT2D eigenvalue weighted by atomic mass is 9.93. The van der Waals surface area contributed by atoms with Crippen LogP contribution in [0.25, 0.3) is 10.6 Å². The summed E-state index contributed by atoms with van der Waals surface area (Å²) in [4.78, 5) is 23.9. The van der Waals surface area contributed by atoms with Crippen molar-refractivity contribution in [3.8, 4) is 10.6 Å². The van der Waals surface area contributed by atoms with Gasteiger partial charge in [0.15, 0.2) is 0 Å². The molecule has 31 heavy (non-hydrogen) atoms. The number of halogens is 1. The molecule has 4 rings (SSSR count). The SMILES string of the molecule is Cc1nc(-c2ccc(F)nc2)sc1C(=O)NCCC1CCN(Cc2ccccc2)CC1. The molecule has 0 bridgehead atoms. The van der Waals surface area contributed by atoms with Crippen LogP contribution >= 0.6 is 11.3 Å². The molecule has 0 saturated carbocycles. The molecule has 0 aliphatic carbocycles. The Morgan fingerprint density at radius 3 is 2.68 bits per heavy atom. The minimum absolute atomic E-state index is 0.0853. The third kappa shape index (κ3) is 5.74. The quantitative estimate of drug-likeness (QED) is 0.544. The van der Waals surface area contributed by atoms with Crippen molar-refractivity contribution in [2.45, 2.75) is 32.7 Å². The van der Waals surface area contributed by atoms with Crippen LogP contribution in [-0.2, 0) is 6.54 Å². The number of piperidine rings is 1. The lowest BCUT2D eigenvalue weighted by Crippen LogP contribution is -2.34. The minimum Gasteiger partial charge on any atom is -0.351 e. The number of aryl methyl sites for hydroxylation is 1. The molecule has 0 spiro atoms. The van der Waals surface area contributed by atoms with Gasteiger partial charge in [-0.2, -0.15) is 4.39 Å². The Bertz CT molecular complexity index is 998. The van der Waals surface area contributed by atoms with Gasteiger partial charge in [0.05, 0.1) is 5.69 Å². The number of nitrogens with one attached hydrogen (secondary N) is 1. The lowest BCUT2D eigenvalue weighted by Gasteiger charge is -2.32. The zero-order valence-corrected chi connectivity index (χ0v) is 18.5. The number of likely N-dealkylation sites (tertiary alicyclic amines) is 1. The summed E-state index contributed by atoms with van der Waals surface area (Å²) >= 11 is 1.32. The molecule has 1 fully saturated rings. The first-order valence-electron chi connectivity index (χ1n) is 10.7. The van der Waals surface area contributed by atoms with Crippen LogP contribution in [0.3, 0.4) is 0 Å². The van der Waals surface area contributed by atoms with Crippen LogP contribution < -0.4 is 5.32 Å². The van der Waals surface area contributed by atoms with Gasteiger partial charge in [-0.15, -0.1) is 11.3 Å². The average Bonchev–Trinajstić information content (AvgIpc) is 3.18. The van der Waals surface area contributed by atoms with Crippen LogP contribution in [0.2, 0.25) is 0 Å². The molecule has 1 saturated heterocycles. The van der Waals surface area contributed by atoms with Gasteiger partial charge in [-0.3, -0.25) is 9.69 Å². The summed E-state index contributed by atoms with van der Waals surface area (Å²) in [6.07, 6.45) is 4.78. The summed E-state index contributed by atoms with van der Waals surface area (Å²) in [6.45, 7) is 5.73. The molecule has 2 aromatic heterocycles. The van der Waals surface area contributed by atoms with Crippen LogP contribution in [0.4, 0.5) is 4.39 Å². The van der Waals surface area contributed by atoms with E-state index < -0.39 is 5.95 Å². The second kappa shape index (κ2) is 10.1. The van der Waals surface area contributed by atoms with E-state index in [0.29, 0.717) is 28.0 Å². The fraction of sp³-hybridized carbons (Fsp3) is 0.375. The first-order chi connectivity index (χ1) is 15.1. The molecular formula is C24H27FN4OS. The van der Waals surface area contributed by atoms with Gasteiger partial charge in [0.2, 0.25) is 5.95 Å². The van der Waals surface area contributed by atoms with E-state index >= 15 is 0 Å². The van der Waals surface area contributed by atoms with E-state index in [0.717, 1.165) is 31.6 Å². The summed E-state index contributed by atoms with van der Waals surface area (Å²) < 4.78 is 13.0. The summed E-state index contributed by atoms with van der Waals surface area (Å²) in [6, 6.07) is 13.5. The van der Waals surface area contributed by atoms with Crippen molar-refractivity contribution in [3.63, 3.8) is 0 Å². The maximum atomic E-state index is 13.0. The van der Waals surface area contributed by atoms with E-state index in [2.05, 4.69) is 50.5 Å².